The summed E-state index contributed by atoms with van der Waals surface area (Å²) >= 11 is 0. The van der Waals surface area contributed by atoms with E-state index < -0.39 is 0 Å². The zero-order chi connectivity index (χ0) is 17.4. The summed E-state index contributed by atoms with van der Waals surface area (Å²) in [5.41, 5.74) is 4.30. The van der Waals surface area contributed by atoms with Crippen LogP contribution in [0.15, 0.2) is 53.6 Å². The molecule has 0 atom stereocenters. The normalized spacial score (nSPS) is 11.0. The number of pyridine rings is 1. The molecular formula is C19H16N4O2. The molecule has 4 aromatic rings. The lowest BCUT2D eigenvalue weighted by atomic mass is 10.00. The Morgan fingerprint density at radius 3 is 2.76 bits per heavy atom. The van der Waals surface area contributed by atoms with Gasteiger partial charge in [0, 0.05) is 24.0 Å². The molecule has 0 spiro atoms. The Hall–Kier alpha value is -3.41. The molecule has 2 N–H and O–H groups in total. The minimum absolute atomic E-state index is 0.219. The number of ether oxygens (including phenoxy) is 1. The van der Waals surface area contributed by atoms with Crippen LogP contribution in [-0.2, 0) is 0 Å². The van der Waals surface area contributed by atoms with Crippen LogP contribution in [0, 0.1) is 13.8 Å². The summed E-state index contributed by atoms with van der Waals surface area (Å²) in [6, 6.07) is 11.1. The summed E-state index contributed by atoms with van der Waals surface area (Å²) in [4.78, 5) is 19.0. The zero-order valence-corrected chi connectivity index (χ0v) is 13.8. The van der Waals surface area contributed by atoms with E-state index in [0.717, 1.165) is 33.3 Å². The van der Waals surface area contributed by atoms with Crippen LogP contribution in [0.3, 0.4) is 0 Å². The third-order valence-corrected chi connectivity index (χ3v) is 4.14. The van der Waals surface area contributed by atoms with Gasteiger partial charge in [0.25, 0.3) is 5.56 Å². The lowest BCUT2D eigenvalue weighted by Crippen LogP contribution is -2.08. The Balaban J connectivity index is 1.72. The van der Waals surface area contributed by atoms with E-state index in [1.807, 2.05) is 50.4 Å². The van der Waals surface area contributed by atoms with Crippen molar-refractivity contribution in [2.75, 3.05) is 0 Å². The van der Waals surface area contributed by atoms with Crippen molar-refractivity contribution >= 4 is 10.9 Å². The Bertz CT molecular complexity index is 1130. The number of hydrogen-bond acceptors (Lipinski definition) is 4. The fourth-order valence-electron chi connectivity index (χ4n) is 2.89. The van der Waals surface area contributed by atoms with E-state index in [2.05, 4.69) is 20.2 Å². The number of hydrogen-bond donors (Lipinski definition) is 2. The van der Waals surface area contributed by atoms with Crippen LogP contribution in [-0.4, -0.2) is 20.2 Å². The fourth-order valence-corrected chi connectivity index (χ4v) is 2.89. The fraction of sp³-hybridized carbons (Fsp3) is 0.105. The summed E-state index contributed by atoms with van der Waals surface area (Å²) in [6.45, 7) is 3.85. The Morgan fingerprint density at radius 1 is 1.04 bits per heavy atom. The second-order valence-corrected chi connectivity index (χ2v) is 5.87. The number of aryl methyl sites for hydroxylation is 2. The average molecular weight is 332 g/mol. The molecule has 4 rings (SSSR count). The van der Waals surface area contributed by atoms with E-state index >= 15 is 0 Å². The number of H-pyrrole nitrogens is 2. The van der Waals surface area contributed by atoms with Crippen molar-refractivity contribution in [2.45, 2.75) is 13.8 Å². The molecule has 6 nitrogen and oxygen atoms in total. The molecule has 0 amide bonds. The van der Waals surface area contributed by atoms with Crippen molar-refractivity contribution in [1.29, 1.82) is 0 Å². The van der Waals surface area contributed by atoms with Gasteiger partial charge in [0.1, 0.15) is 5.75 Å². The maximum absolute atomic E-state index is 11.6. The van der Waals surface area contributed by atoms with Gasteiger partial charge in [0.05, 0.1) is 16.6 Å². The van der Waals surface area contributed by atoms with Crippen LogP contribution in [0.5, 0.6) is 11.6 Å². The van der Waals surface area contributed by atoms with Gasteiger partial charge in [-0.15, -0.1) is 0 Å². The highest BCUT2D eigenvalue weighted by molar-refractivity contribution is 5.84. The average Bonchev–Trinajstić information content (AvgIpc) is 3.07. The molecular weight excluding hydrogens is 316 g/mol. The molecule has 0 aliphatic carbocycles. The van der Waals surface area contributed by atoms with Crippen LogP contribution in [0.4, 0.5) is 0 Å². The molecule has 0 saturated carbocycles. The topological polar surface area (TPSA) is 83.7 Å². The van der Waals surface area contributed by atoms with Crippen molar-refractivity contribution < 1.29 is 4.74 Å². The van der Waals surface area contributed by atoms with Crippen molar-refractivity contribution in [3.8, 4) is 22.8 Å². The zero-order valence-electron chi connectivity index (χ0n) is 13.8. The second kappa shape index (κ2) is 5.90. The molecule has 3 heterocycles. The van der Waals surface area contributed by atoms with Gasteiger partial charge in [0.15, 0.2) is 0 Å². The highest BCUT2D eigenvalue weighted by Crippen LogP contribution is 2.31. The number of aromatic nitrogens is 4. The van der Waals surface area contributed by atoms with E-state index in [4.69, 9.17) is 4.74 Å². The minimum atomic E-state index is -0.219. The van der Waals surface area contributed by atoms with Crippen LogP contribution in [0.25, 0.3) is 22.0 Å². The van der Waals surface area contributed by atoms with E-state index in [9.17, 15) is 4.79 Å². The summed E-state index contributed by atoms with van der Waals surface area (Å²) in [6.07, 6.45) is 3.57. The highest BCUT2D eigenvalue weighted by Gasteiger charge is 2.10. The Labute approximate surface area is 143 Å². The van der Waals surface area contributed by atoms with Crippen LogP contribution < -0.4 is 10.3 Å². The van der Waals surface area contributed by atoms with Gasteiger partial charge >= 0.3 is 0 Å². The lowest BCUT2D eigenvalue weighted by molar-refractivity contribution is 0.469. The molecule has 6 heteroatoms. The van der Waals surface area contributed by atoms with E-state index in [1.54, 1.807) is 12.3 Å². The molecule has 0 aliphatic rings. The van der Waals surface area contributed by atoms with Gasteiger partial charge < -0.3 is 9.72 Å². The molecule has 0 saturated heterocycles. The van der Waals surface area contributed by atoms with Gasteiger partial charge in [-0.05, 0) is 49.2 Å². The largest absolute Gasteiger partial charge is 0.438 e. The van der Waals surface area contributed by atoms with Gasteiger partial charge in [-0.25, -0.2) is 10.1 Å². The van der Waals surface area contributed by atoms with Crippen LogP contribution >= 0.6 is 0 Å². The van der Waals surface area contributed by atoms with E-state index in [-0.39, 0.29) is 5.56 Å². The molecule has 1 aromatic carbocycles. The summed E-state index contributed by atoms with van der Waals surface area (Å²) < 4.78 is 5.96. The highest BCUT2D eigenvalue weighted by atomic mass is 16.5. The Kier molecular flexibility index (Phi) is 3.57. The van der Waals surface area contributed by atoms with Crippen molar-refractivity contribution in [2.24, 2.45) is 0 Å². The van der Waals surface area contributed by atoms with E-state index in [0.29, 0.717) is 11.6 Å². The van der Waals surface area contributed by atoms with Gasteiger partial charge in [0.2, 0.25) is 5.88 Å². The molecule has 0 bridgehead atoms. The number of fused-ring (bicyclic) bond motifs is 1. The molecule has 3 aromatic heterocycles. The number of benzene rings is 1. The summed E-state index contributed by atoms with van der Waals surface area (Å²) in [5, 5.41) is 7.41. The summed E-state index contributed by atoms with van der Waals surface area (Å²) in [5.74, 6) is 1.25. The predicted molar refractivity (Wildman–Crippen MR) is 95.9 cm³/mol. The predicted octanol–water partition coefficient (Wildman–Crippen LogP) is 3.72. The quantitative estimate of drug-likeness (QED) is 0.599. The number of aromatic amines is 2. The molecule has 0 aliphatic heterocycles. The molecule has 0 radical (unpaired) electrons. The molecule has 25 heavy (non-hydrogen) atoms. The van der Waals surface area contributed by atoms with Gasteiger partial charge in [-0.1, -0.05) is 6.07 Å². The van der Waals surface area contributed by atoms with E-state index in [1.165, 1.54) is 0 Å². The van der Waals surface area contributed by atoms with Crippen LogP contribution in [0.2, 0.25) is 0 Å². The minimum Gasteiger partial charge on any atom is -0.438 e. The molecule has 0 fully saturated rings. The van der Waals surface area contributed by atoms with Gasteiger partial charge in [-0.3, -0.25) is 4.79 Å². The lowest BCUT2D eigenvalue weighted by Gasteiger charge is -2.11. The first-order valence-electron chi connectivity index (χ1n) is 7.89. The maximum Gasteiger partial charge on any atom is 0.264 e. The Morgan fingerprint density at radius 2 is 1.92 bits per heavy atom. The van der Waals surface area contributed by atoms with Crippen molar-refractivity contribution in [3.63, 3.8) is 0 Å². The number of nitrogens with zero attached hydrogens (tertiary/aromatic N) is 2. The van der Waals surface area contributed by atoms with Crippen LogP contribution in [0.1, 0.15) is 11.3 Å². The molecule has 124 valence electrons. The smallest absolute Gasteiger partial charge is 0.264 e. The maximum atomic E-state index is 11.6. The standard InChI is InChI=1S/C19H16N4O2/c1-11-9-13(25-19-15-5-7-20-17(15)6-8-21-19)3-4-14(11)16-10-18(24)23-22-12(16)2/h3-10,20H,1-2H3,(H,23,24). The summed E-state index contributed by atoms with van der Waals surface area (Å²) in [7, 11) is 0. The molecule has 0 unspecified atom stereocenters. The SMILES string of the molecule is Cc1cc(Oc2nccc3[nH]ccc23)ccc1-c1cc(=O)[nH]nc1C. The first-order valence-corrected chi connectivity index (χ1v) is 7.89. The third kappa shape index (κ3) is 2.78. The first kappa shape index (κ1) is 15.1. The third-order valence-electron chi connectivity index (χ3n) is 4.14. The van der Waals surface area contributed by atoms with Crippen molar-refractivity contribution in [3.05, 3.63) is 70.4 Å². The number of nitrogens with one attached hydrogen (secondary N) is 2. The second-order valence-electron chi connectivity index (χ2n) is 5.87. The van der Waals surface area contributed by atoms with Gasteiger partial charge in [-0.2, -0.15) is 5.10 Å². The van der Waals surface area contributed by atoms with Crippen molar-refractivity contribution in [1.82, 2.24) is 20.2 Å². The monoisotopic (exact) mass is 332 g/mol. The number of rotatable bonds is 3. The first-order chi connectivity index (χ1) is 12.1.